The lowest BCUT2D eigenvalue weighted by Crippen LogP contribution is -2.49. The minimum Gasteiger partial charge on any atom is -0.450 e. The van der Waals surface area contributed by atoms with Crippen molar-refractivity contribution in [2.75, 3.05) is 25.1 Å². The molecule has 0 saturated carbocycles. The van der Waals surface area contributed by atoms with E-state index in [9.17, 15) is 14.4 Å². The maximum Gasteiger partial charge on any atom is 0.413 e. The number of fused-ring (bicyclic) bond motifs is 2. The van der Waals surface area contributed by atoms with Crippen molar-refractivity contribution in [3.05, 3.63) is 24.3 Å². The van der Waals surface area contributed by atoms with Gasteiger partial charge in [-0.2, -0.15) is 0 Å². The molecule has 3 heterocycles. The van der Waals surface area contributed by atoms with Crippen LogP contribution in [0.15, 0.2) is 29.2 Å². The molecule has 0 spiro atoms. The van der Waals surface area contributed by atoms with Crippen LogP contribution in [0.25, 0.3) is 0 Å². The standard InChI is InChI=1S/C19H23N3O5S2/c1-2-27-19(25)22-15(23)14-10-7-8-26-9-13(10)29-17(14)21-16(24)18-20-11-5-3-4-6-12(11)28-18/h3-6,10,13-14,17-18,20H,2,7-9H2,1H3,(H,21,24)(H,22,23,25). The second-order valence-electron chi connectivity index (χ2n) is 7.01. The molecule has 3 N–H and O–H groups in total. The minimum absolute atomic E-state index is 0.0369. The Bertz CT molecular complexity index is 783. The van der Waals surface area contributed by atoms with Crippen LogP contribution in [0.5, 0.6) is 0 Å². The molecule has 8 nitrogen and oxygen atoms in total. The zero-order chi connectivity index (χ0) is 20.4. The van der Waals surface area contributed by atoms with Gasteiger partial charge >= 0.3 is 6.09 Å². The summed E-state index contributed by atoms with van der Waals surface area (Å²) < 4.78 is 10.4. The van der Waals surface area contributed by atoms with Crippen molar-refractivity contribution < 1.29 is 23.9 Å². The number of rotatable bonds is 4. The van der Waals surface area contributed by atoms with Crippen molar-refractivity contribution >= 4 is 47.1 Å². The van der Waals surface area contributed by atoms with Gasteiger partial charge in [0, 0.05) is 22.4 Å². The van der Waals surface area contributed by atoms with Gasteiger partial charge in [-0.15, -0.1) is 11.8 Å². The highest BCUT2D eigenvalue weighted by Crippen LogP contribution is 2.46. The van der Waals surface area contributed by atoms with Gasteiger partial charge in [0.25, 0.3) is 5.91 Å². The van der Waals surface area contributed by atoms with E-state index in [0.29, 0.717) is 19.6 Å². The summed E-state index contributed by atoms with van der Waals surface area (Å²) in [5.41, 5.74) is 0.926. The second kappa shape index (κ2) is 8.85. The first-order chi connectivity index (χ1) is 14.1. The number of anilines is 1. The van der Waals surface area contributed by atoms with Gasteiger partial charge < -0.3 is 20.1 Å². The summed E-state index contributed by atoms with van der Waals surface area (Å²) >= 11 is 2.98. The molecule has 3 aliphatic rings. The number of hydrogen-bond donors (Lipinski definition) is 3. The first-order valence-corrected chi connectivity index (χ1v) is 11.4. The molecule has 1 aromatic carbocycles. The summed E-state index contributed by atoms with van der Waals surface area (Å²) in [7, 11) is 0. The summed E-state index contributed by atoms with van der Waals surface area (Å²) in [5, 5.41) is 7.76. The van der Waals surface area contributed by atoms with E-state index in [1.54, 1.807) is 6.92 Å². The summed E-state index contributed by atoms with van der Waals surface area (Å²) in [6.45, 7) is 2.97. The predicted molar refractivity (Wildman–Crippen MR) is 111 cm³/mol. The van der Waals surface area contributed by atoms with Crippen molar-refractivity contribution in [2.45, 2.75) is 34.2 Å². The number of para-hydroxylation sites is 1. The molecule has 10 heteroatoms. The molecule has 0 radical (unpaired) electrons. The first-order valence-electron chi connectivity index (χ1n) is 9.60. The highest BCUT2D eigenvalue weighted by Gasteiger charge is 2.50. The number of thioether (sulfide) groups is 2. The third kappa shape index (κ3) is 4.34. The van der Waals surface area contributed by atoms with Crippen LogP contribution in [-0.4, -0.2) is 53.7 Å². The lowest BCUT2D eigenvalue weighted by Gasteiger charge is -2.28. The van der Waals surface area contributed by atoms with Gasteiger partial charge in [0.05, 0.1) is 24.5 Å². The van der Waals surface area contributed by atoms with E-state index < -0.39 is 28.7 Å². The maximum atomic E-state index is 12.9. The molecule has 5 atom stereocenters. The molecule has 3 aliphatic heterocycles. The molecule has 29 heavy (non-hydrogen) atoms. The Balaban J connectivity index is 1.45. The number of hydrogen-bond acceptors (Lipinski definition) is 8. The Morgan fingerprint density at radius 1 is 1.28 bits per heavy atom. The molecule has 4 rings (SSSR count). The number of imide groups is 1. The Kier molecular flexibility index (Phi) is 6.21. The maximum absolute atomic E-state index is 12.9. The largest absolute Gasteiger partial charge is 0.450 e. The summed E-state index contributed by atoms with van der Waals surface area (Å²) in [4.78, 5) is 38.5. The van der Waals surface area contributed by atoms with E-state index >= 15 is 0 Å². The van der Waals surface area contributed by atoms with E-state index in [1.807, 2.05) is 24.3 Å². The van der Waals surface area contributed by atoms with Crippen molar-refractivity contribution in [3.63, 3.8) is 0 Å². The molecule has 0 bridgehead atoms. The monoisotopic (exact) mass is 437 g/mol. The molecule has 0 aromatic heterocycles. The number of carbonyl (C=O) groups excluding carboxylic acids is 3. The second-order valence-corrected chi connectivity index (χ2v) is 9.54. The molecular formula is C19H23N3O5S2. The van der Waals surface area contributed by atoms with E-state index in [-0.39, 0.29) is 23.7 Å². The topological polar surface area (TPSA) is 106 Å². The van der Waals surface area contributed by atoms with Crippen LogP contribution in [0.2, 0.25) is 0 Å². The van der Waals surface area contributed by atoms with Crippen LogP contribution < -0.4 is 16.0 Å². The predicted octanol–water partition coefficient (Wildman–Crippen LogP) is 2.01. The fraction of sp³-hybridized carbons (Fsp3) is 0.526. The normalized spacial score (nSPS) is 29.9. The van der Waals surface area contributed by atoms with Gasteiger partial charge in [0.1, 0.15) is 0 Å². The van der Waals surface area contributed by atoms with Crippen LogP contribution in [0.4, 0.5) is 10.5 Å². The van der Waals surface area contributed by atoms with Crippen LogP contribution in [0.1, 0.15) is 13.3 Å². The Morgan fingerprint density at radius 2 is 2.10 bits per heavy atom. The lowest BCUT2D eigenvalue weighted by molar-refractivity contribution is -0.127. The van der Waals surface area contributed by atoms with Crippen LogP contribution >= 0.6 is 23.5 Å². The minimum atomic E-state index is -0.758. The fourth-order valence-corrected chi connectivity index (χ4v) is 6.67. The Labute approximate surface area is 177 Å². The van der Waals surface area contributed by atoms with Gasteiger partial charge in [0.15, 0.2) is 5.37 Å². The molecular weight excluding hydrogens is 414 g/mol. The van der Waals surface area contributed by atoms with Crippen LogP contribution in [0.3, 0.4) is 0 Å². The highest BCUT2D eigenvalue weighted by molar-refractivity contribution is 8.01. The van der Waals surface area contributed by atoms with E-state index in [4.69, 9.17) is 9.47 Å². The molecule has 2 saturated heterocycles. The SMILES string of the molecule is CCOC(=O)NC(=O)C1C(NC(=O)C2Nc3ccccc3S2)SC2COCCC21. The van der Waals surface area contributed by atoms with Crippen LogP contribution in [-0.2, 0) is 19.1 Å². The molecule has 2 fully saturated rings. The number of nitrogens with one attached hydrogen (secondary N) is 3. The summed E-state index contributed by atoms with van der Waals surface area (Å²) in [5.74, 6) is -1.07. The van der Waals surface area contributed by atoms with Crippen molar-refractivity contribution in [1.82, 2.24) is 10.6 Å². The number of carbonyl (C=O) groups is 3. The van der Waals surface area contributed by atoms with Gasteiger partial charge in [-0.05, 0) is 31.4 Å². The zero-order valence-electron chi connectivity index (χ0n) is 15.9. The van der Waals surface area contributed by atoms with Crippen molar-refractivity contribution in [1.29, 1.82) is 0 Å². The first kappa shape index (κ1) is 20.4. The molecule has 1 aromatic rings. The van der Waals surface area contributed by atoms with Gasteiger partial charge in [-0.3, -0.25) is 14.9 Å². The molecule has 156 valence electrons. The van der Waals surface area contributed by atoms with Gasteiger partial charge in [-0.25, -0.2) is 4.79 Å². The summed E-state index contributed by atoms with van der Waals surface area (Å²) in [6, 6.07) is 7.74. The third-order valence-electron chi connectivity index (χ3n) is 5.21. The molecule has 0 aliphatic carbocycles. The third-order valence-corrected chi connectivity index (χ3v) is 7.93. The number of amides is 3. The average molecular weight is 438 g/mol. The summed E-state index contributed by atoms with van der Waals surface area (Å²) in [6.07, 6.45) is -0.0427. The lowest BCUT2D eigenvalue weighted by atomic mass is 9.85. The fourth-order valence-electron chi connectivity index (χ4n) is 3.90. The van der Waals surface area contributed by atoms with Crippen molar-refractivity contribution in [2.24, 2.45) is 11.8 Å². The quantitative estimate of drug-likeness (QED) is 0.657. The zero-order valence-corrected chi connectivity index (χ0v) is 17.5. The smallest absolute Gasteiger partial charge is 0.413 e. The number of ether oxygens (including phenoxy) is 2. The highest BCUT2D eigenvalue weighted by atomic mass is 32.2. The van der Waals surface area contributed by atoms with E-state index in [2.05, 4.69) is 16.0 Å². The van der Waals surface area contributed by atoms with Gasteiger partial charge in [-0.1, -0.05) is 23.9 Å². The number of benzene rings is 1. The van der Waals surface area contributed by atoms with Gasteiger partial charge in [0.2, 0.25) is 5.91 Å². The molecule has 5 unspecified atom stereocenters. The van der Waals surface area contributed by atoms with E-state index in [0.717, 1.165) is 10.6 Å². The Hall–Kier alpha value is -1.91. The van der Waals surface area contributed by atoms with E-state index in [1.165, 1.54) is 23.5 Å². The Morgan fingerprint density at radius 3 is 2.90 bits per heavy atom. The van der Waals surface area contributed by atoms with Crippen molar-refractivity contribution in [3.8, 4) is 0 Å². The average Bonchev–Trinajstić information content (AvgIpc) is 3.29. The number of alkyl carbamates (subject to hydrolysis) is 1. The van der Waals surface area contributed by atoms with Crippen LogP contribution in [0, 0.1) is 11.8 Å². The molecule has 3 amide bonds.